The molecule has 5 rings (SSSR count). The van der Waals surface area contributed by atoms with Gasteiger partial charge < -0.3 is 19.3 Å². The molecule has 1 aliphatic heterocycles. The van der Waals surface area contributed by atoms with Gasteiger partial charge in [-0.2, -0.15) is 4.98 Å². The van der Waals surface area contributed by atoms with Crippen molar-refractivity contribution in [3.8, 4) is 11.4 Å². The van der Waals surface area contributed by atoms with Gasteiger partial charge >= 0.3 is 0 Å². The molecule has 1 fully saturated rings. The van der Waals surface area contributed by atoms with Crippen molar-refractivity contribution in [2.75, 3.05) is 18.4 Å². The second kappa shape index (κ2) is 7.25. The van der Waals surface area contributed by atoms with Crippen molar-refractivity contribution in [2.45, 2.75) is 26.3 Å². The van der Waals surface area contributed by atoms with Gasteiger partial charge in [-0.25, -0.2) is 4.98 Å². The molecule has 30 heavy (non-hydrogen) atoms. The Balaban J connectivity index is 1.37. The maximum absolute atomic E-state index is 12.6. The van der Waals surface area contributed by atoms with Crippen molar-refractivity contribution in [3.63, 3.8) is 0 Å². The zero-order chi connectivity index (χ0) is 20.7. The number of carbonyl (C=O) groups is 1. The van der Waals surface area contributed by atoms with Crippen molar-refractivity contribution in [1.29, 1.82) is 0 Å². The topological polar surface area (TPSA) is 110 Å². The van der Waals surface area contributed by atoms with Crippen LogP contribution in [0.25, 0.3) is 22.2 Å². The smallest absolute Gasteiger partial charge is 0.276 e. The lowest BCUT2D eigenvalue weighted by Gasteiger charge is -2.17. The molecule has 1 aliphatic rings. The summed E-state index contributed by atoms with van der Waals surface area (Å²) in [6.45, 7) is 4.77. The van der Waals surface area contributed by atoms with Gasteiger partial charge in [0.25, 0.3) is 5.91 Å². The number of nitrogens with zero attached hydrogens (tertiary/aromatic N) is 5. The molecule has 1 saturated heterocycles. The van der Waals surface area contributed by atoms with E-state index in [0.29, 0.717) is 36.3 Å². The van der Waals surface area contributed by atoms with E-state index in [2.05, 4.69) is 25.6 Å². The first-order valence-corrected chi connectivity index (χ1v) is 9.75. The maximum atomic E-state index is 12.6. The van der Waals surface area contributed by atoms with Crippen molar-refractivity contribution in [1.82, 2.24) is 25.2 Å². The quantitative estimate of drug-likeness (QED) is 0.552. The molecule has 1 aromatic carbocycles. The molecule has 0 radical (unpaired) electrons. The highest BCUT2D eigenvalue weighted by Gasteiger charge is 2.29. The van der Waals surface area contributed by atoms with Gasteiger partial charge in [-0.05, 0) is 30.9 Å². The molecule has 9 nitrogen and oxygen atoms in total. The van der Waals surface area contributed by atoms with E-state index in [1.807, 2.05) is 24.3 Å². The molecular weight excluding hydrogens is 384 g/mol. The fraction of sp³-hybridized carbons (Fsp3) is 0.286. The fourth-order valence-electron chi connectivity index (χ4n) is 3.72. The summed E-state index contributed by atoms with van der Waals surface area (Å²) in [5.74, 6) is 2.35. The largest absolute Gasteiger partial charge is 0.365 e. The number of hydrogen-bond donors (Lipinski definition) is 1. The van der Waals surface area contributed by atoms with Crippen molar-refractivity contribution < 1.29 is 13.8 Å². The first-order valence-electron chi connectivity index (χ1n) is 9.75. The second-order valence-corrected chi connectivity index (χ2v) is 7.44. The van der Waals surface area contributed by atoms with Crippen molar-refractivity contribution >= 4 is 22.5 Å². The fourth-order valence-corrected chi connectivity index (χ4v) is 3.72. The third-order valence-electron chi connectivity index (χ3n) is 5.22. The number of amides is 1. The molecule has 0 aliphatic carbocycles. The predicted molar refractivity (Wildman–Crippen MR) is 109 cm³/mol. The van der Waals surface area contributed by atoms with Crippen molar-refractivity contribution in [3.05, 3.63) is 53.9 Å². The number of aromatic nitrogens is 4. The summed E-state index contributed by atoms with van der Waals surface area (Å²) in [6, 6.07) is 9.70. The summed E-state index contributed by atoms with van der Waals surface area (Å²) in [4.78, 5) is 23.2. The van der Waals surface area contributed by atoms with Gasteiger partial charge in [-0.1, -0.05) is 22.4 Å². The summed E-state index contributed by atoms with van der Waals surface area (Å²) in [5.41, 5.74) is 1.21. The number of aryl methyl sites for hydroxylation is 2. The number of fused-ring (bicyclic) bond motifs is 1. The van der Waals surface area contributed by atoms with Crippen LogP contribution in [0, 0.1) is 13.8 Å². The Hall–Kier alpha value is -3.75. The summed E-state index contributed by atoms with van der Waals surface area (Å²) < 4.78 is 10.1. The lowest BCUT2D eigenvalue weighted by molar-refractivity contribution is 0.0781. The lowest BCUT2D eigenvalue weighted by atomic mass is 10.1. The molecule has 0 spiro atoms. The predicted octanol–water partition coefficient (Wildman–Crippen LogP) is 3.22. The van der Waals surface area contributed by atoms with Crippen LogP contribution in [0.2, 0.25) is 0 Å². The summed E-state index contributed by atoms with van der Waals surface area (Å²) >= 11 is 0. The molecule has 4 aromatic rings. The van der Waals surface area contributed by atoms with E-state index >= 15 is 0 Å². The van der Waals surface area contributed by atoms with Crippen LogP contribution < -0.4 is 5.32 Å². The van der Waals surface area contributed by atoms with Crippen LogP contribution in [-0.2, 0) is 0 Å². The first kappa shape index (κ1) is 18.3. The van der Waals surface area contributed by atoms with E-state index < -0.39 is 0 Å². The van der Waals surface area contributed by atoms with Gasteiger partial charge in [0.2, 0.25) is 11.7 Å². The molecule has 0 bridgehead atoms. The molecule has 152 valence electrons. The van der Waals surface area contributed by atoms with Crippen LogP contribution in [0.15, 0.2) is 45.6 Å². The first-order chi connectivity index (χ1) is 14.6. The number of benzene rings is 1. The third-order valence-corrected chi connectivity index (χ3v) is 5.22. The van der Waals surface area contributed by atoms with E-state index in [1.54, 1.807) is 31.0 Å². The summed E-state index contributed by atoms with van der Waals surface area (Å²) in [6.07, 6.45) is 2.60. The van der Waals surface area contributed by atoms with Gasteiger partial charge in [-0.15, -0.1) is 0 Å². The highest BCUT2D eigenvalue weighted by molar-refractivity contribution is 5.95. The minimum atomic E-state index is -0.114. The number of anilines is 1. The van der Waals surface area contributed by atoms with Gasteiger partial charge in [0, 0.05) is 49.3 Å². The number of carbonyl (C=O) groups excluding carboxylic acids is 1. The van der Waals surface area contributed by atoms with Crippen LogP contribution in [0.1, 0.15) is 28.6 Å². The van der Waals surface area contributed by atoms with E-state index in [0.717, 1.165) is 28.6 Å². The average molecular weight is 404 g/mol. The summed E-state index contributed by atoms with van der Waals surface area (Å²) in [5, 5.41) is 13.4. The lowest BCUT2D eigenvalue weighted by Crippen LogP contribution is -2.31. The van der Waals surface area contributed by atoms with Gasteiger partial charge in [0.05, 0.1) is 0 Å². The van der Waals surface area contributed by atoms with Crippen LogP contribution in [0.4, 0.5) is 5.82 Å². The summed E-state index contributed by atoms with van der Waals surface area (Å²) in [7, 11) is 0. The minimum Gasteiger partial charge on any atom is -0.365 e. The Labute approximate surface area is 172 Å². The number of pyridine rings is 1. The second-order valence-electron chi connectivity index (χ2n) is 7.44. The molecule has 4 heterocycles. The van der Waals surface area contributed by atoms with Crippen LogP contribution in [-0.4, -0.2) is 50.2 Å². The normalized spacial score (nSPS) is 16.3. The number of rotatable bonds is 4. The van der Waals surface area contributed by atoms with E-state index in [-0.39, 0.29) is 11.9 Å². The molecule has 1 N–H and O–H groups in total. The molecular formula is C21H20N6O3. The molecule has 3 aromatic heterocycles. The Morgan fingerprint density at radius 3 is 2.83 bits per heavy atom. The Kier molecular flexibility index (Phi) is 4.42. The molecule has 0 saturated carbocycles. The average Bonchev–Trinajstić information content (AvgIpc) is 3.49. The maximum Gasteiger partial charge on any atom is 0.276 e. The number of likely N-dealkylation sites (tertiary alicyclic amines) is 1. The van der Waals surface area contributed by atoms with Gasteiger partial charge in [0.1, 0.15) is 11.6 Å². The van der Waals surface area contributed by atoms with Crippen LogP contribution in [0.5, 0.6) is 0 Å². The Morgan fingerprint density at radius 1 is 1.17 bits per heavy atom. The standard InChI is InChI=1S/C21H20N6O3/c1-12-9-18(25-29-12)21(28)27-8-6-16(11-27)24-20-17-10-15(19-23-13(2)30-26-19)4-3-14(17)5-7-22-20/h3-5,7,9-10,16H,6,8,11H2,1-2H3,(H,22,24)/t16-/m0/s1. The molecule has 1 atom stereocenters. The monoisotopic (exact) mass is 404 g/mol. The zero-order valence-electron chi connectivity index (χ0n) is 16.6. The number of hydrogen-bond acceptors (Lipinski definition) is 8. The molecule has 9 heteroatoms. The van der Waals surface area contributed by atoms with Crippen molar-refractivity contribution in [2.24, 2.45) is 0 Å². The zero-order valence-corrected chi connectivity index (χ0v) is 16.6. The van der Waals surface area contributed by atoms with Crippen LogP contribution >= 0.6 is 0 Å². The SMILES string of the molecule is Cc1cc(C(=O)N2CC[C@H](Nc3nccc4ccc(-c5noc(C)n5)cc34)C2)no1. The van der Waals surface area contributed by atoms with Gasteiger partial charge in [0.15, 0.2) is 5.69 Å². The highest BCUT2D eigenvalue weighted by Crippen LogP contribution is 2.28. The van der Waals surface area contributed by atoms with E-state index in [1.165, 1.54) is 0 Å². The number of nitrogens with one attached hydrogen (secondary N) is 1. The van der Waals surface area contributed by atoms with E-state index in [9.17, 15) is 4.79 Å². The molecule has 0 unspecified atom stereocenters. The van der Waals surface area contributed by atoms with Gasteiger partial charge in [-0.3, -0.25) is 4.79 Å². The minimum absolute atomic E-state index is 0.0936. The van der Waals surface area contributed by atoms with E-state index in [4.69, 9.17) is 9.05 Å². The molecule has 1 amide bonds. The highest BCUT2D eigenvalue weighted by atomic mass is 16.5. The Morgan fingerprint density at radius 2 is 2.07 bits per heavy atom. The Bertz CT molecular complexity index is 1230. The third kappa shape index (κ3) is 3.38. The van der Waals surface area contributed by atoms with Crippen LogP contribution in [0.3, 0.4) is 0 Å².